The summed E-state index contributed by atoms with van der Waals surface area (Å²) in [6.07, 6.45) is 2.59. The van der Waals surface area contributed by atoms with E-state index in [4.69, 9.17) is 9.47 Å². The van der Waals surface area contributed by atoms with E-state index in [0.29, 0.717) is 13.2 Å². The van der Waals surface area contributed by atoms with Gasteiger partial charge >= 0.3 is 0 Å². The topological polar surface area (TPSA) is 54.0 Å². The molecule has 1 spiro atoms. The smallest absolute Gasteiger partial charge is 0.231 e. The van der Waals surface area contributed by atoms with Gasteiger partial charge in [-0.05, 0) is 37.6 Å². The third-order valence-electron chi connectivity index (χ3n) is 5.65. The molecule has 1 N–H and O–H groups in total. The van der Waals surface area contributed by atoms with Crippen molar-refractivity contribution in [1.29, 1.82) is 0 Å². The minimum absolute atomic E-state index is 0.105. The molecule has 1 unspecified atom stereocenters. The van der Waals surface area contributed by atoms with E-state index in [1.807, 2.05) is 6.07 Å². The predicted molar refractivity (Wildman–Crippen MR) is 90.1 cm³/mol. The molecule has 1 aromatic rings. The summed E-state index contributed by atoms with van der Waals surface area (Å²) < 4.78 is 10.9. The second-order valence-electron chi connectivity index (χ2n) is 7.14. The maximum atomic E-state index is 11.7. The Morgan fingerprint density at radius 1 is 1.21 bits per heavy atom. The molecule has 4 rings (SSSR count). The Bertz CT molecular complexity index is 636. The van der Waals surface area contributed by atoms with Crippen LogP contribution in [0.25, 0.3) is 0 Å². The van der Waals surface area contributed by atoms with E-state index in [9.17, 15) is 4.79 Å². The zero-order chi connectivity index (χ0) is 16.6. The van der Waals surface area contributed by atoms with Crippen molar-refractivity contribution in [2.45, 2.75) is 31.3 Å². The molecule has 1 amide bonds. The third-order valence-corrected chi connectivity index (χ3v) is 5.65. The molecule has 0 bridgehead atoms. The second-order valence-corrected chi connectivity index (χ2v) is 7.14. The van der Waals surface area contributed by atoms with Crippen molar-refractivity contribution in [3.05, 3.63) is 23.8 Å². The van der Waals surface area contributed by atoms with Gasteiger partial charge in [-0.2, -0.15) is 0 Å². The number of hydrogen-bond donors (Lipinski definition) is 1. The Balaban J connectivity index is 1.47. The van der Waals surface area contributed by atoms with Crippen molar-refractivity contribution in [3.63, 3.8) is 0 Å². The lowest BCUT2D eigenvalue weighted by Crippen LogP contribution is -2.60. The summed E-state index contributed by atoms with van der Waals surface area (Å²) in [6.45, 7) is 5.10. The fourth-order valence-corrected chi connectivity index (χ4v) is 4.11. The summed E-state index contributed by atoms with van der Waals surface area (Å²) >= 11 is 0. The van der Waals surface area contributed by atoms with Crippen LogP contribution in [0.5, 0.6) is 11.5 Å². The molecular formula is C18H25N3O3. The molecule has 3 heterocycles. The average Bonchev–Trinajstić information content (AvgIpc) is 2.96. The van der Waals surface area contributed by atoms with Crippen molar-refractivity contribution < 1.29 is 14.3 Å². The van der Waals surface area contributed by atoms with Crippen LogP contribution in [0.2, 0.25) is 0 Å². The van der Waals surface area contributed by atoms with Gasteiger partial charge in [-0.25, -0.2) is 0 Å². The first-order valence-electron chi connectivity index (χ1n) is 8.73. The van der Waals surface area contributed by atoms with E-state index in [0.717, 1.165) is 57.1 Å². The van der Waals surface area contributed by atoms with E-state index in [2.05, 4.69) is 34.3 Å². The quantitative estimate of drug-likeness (QED) is 0.883. The van der Waals surface area contributed by atoms with Crippen LogP contribution in [0.3, 0.4) is 0 Å². The molecule has 0 aromatic heterocycles. The van der Waals surface area contributed by atoms with Gasteiger partial charge in [-0.1, -0.05) is 6.07 Å². The van der Waals surface area contributed by atoms with Gasteiger partial charge in [0.15, 0.2) is 11.5 Å². The first-order chi connectivity index (χ1) is 11.6. The summed E-state index contributed by atoms with van der Waals surface area (Å²) in [4.78, 5) is 16.7. The first kappa shape index (κ1) is 15.7. The molecule has 130 valence electrons. The van der Waals surface area contributed by atoms with Gasteiger partial charge in [0, 0.05) is 44.7 Å². The number of hydrogen-bond acceptors (Lipinski definition) is 5. The molecule has 6 nitrogen and oxygen atoms in total. The molecular weight excluding hydrogens is 306 g/mol. The maximum absolute atomic E-state index is 11.7. The van der Waals surface area contributed by atoms with Crippen LogP contribution in [-0.2, 0) is 11.3 Å². The van der Waals surface area contributed by atoms with Crippen LogP contribution < -0.4 is 14.8 Å². The Morgan fingerprint density at radius 2 is 2.08 bits per heavy atom. The van der Waals surface area contributed by atoms with Gasteiger partial charge in [-0.3, -0.25) is 14.6 Å². The Hall–Kier alpha value is -1.79. The summed E-state index contributed by atoms with van der Waals surface area (Å²) in [5.41, 5.74) is 1.36. The van der Waals surface area contributed by atoms with Crippen molar-refractivity contribution in [2.75, 3.05) is 40.0 Å². The summed E-state index contributed by atoms with van der Waals surface area (Å²) in [6, 6.07) is 6.21. The number of carbonyl (C=O) groups is 1. The largest absolute Gasteiger partial charge is 0.454 e. The second kappa shape index (κ2) is 6.26. The first-order valence-corrected chi connectivity index (χ1v) is 8.73. The van der Waals surface area contributed by atoms with Gasteiger partial charge in [0.1, 0.15) is 0 Å². The summed E-state index contributed by atoms with van der Waals surface area (Å²) in [7, 11) is 2.20. The molecule has 2 saturated heterocycles. The molecule has 3 aliphatic rings. The highest BCUT2D eigenvalue weighted by atomic mass is 16.7. The van der Waals surface area contributed by atoms with Gasteiger partial charge in [0.25, 0.3) is 0 Å². The zero-order valence-electron chi connectivity index (χ0n) is 14.2. The Labute approximate surface area is 142 Å². The third kappa shape index (κ3) is 2.96. The molecule has 0 aliphatic carbocycles. The van der Waals surface area contributed by atoms with Crippen LogP contribution >= 0.6 is 0 Å². The van der Waals surface area contributed by atoms with Crippen LogP contribution in [-0.4, -0.2) is 61.3 Å². The van der Waals surface area contributed by atoms with Crippen molar-refractivity contribution >= 4 is 5.91 Å². The number of nitrogens with zero attached hydrogens (tertiary/aromatic N) is 2. The molecule has 0 radical (unpaired) electrons. The lowest BCUT2D eigenvalue weighted by molar-refractivity contribution is -0.121. The SMILES string of the molecule is CN1CCN(Cc2ccc3c(c2)OCO3)CC12CCNC(=O)CC2. The monoisotopic (exact) mass is 331 g/mol. The van der Waals surface area contributed by atoms with Crippen LogP contribution in [0.4, 0.5) is 0 Å². The lowest BCUT2D eigenvalue weighted by Gasteiger charge is -2.49. The van der Waals surface area contributed by atoms with E-state index >= 15 is 0 Å². The van der Waals surface area contributed by atoms with Gasteiger partial charge in [-0.15, -0.1) is 0 Å². The van der Waals surface area contributed by atoms with E-state index in [1.54, 1.807) is 0 Å². The number of fused-ring (bicyclic) bond motifs is 1. The number of likely N-dealkylation sites (N-methyl/N-ethyl adjacent to an activating group) is 1. The number of amides is 1. The highest BCUT2D eigenvalue weighted by Crippen LogP contribution is 2.34. The fraction of sp³-hybridized carbons (Fsp3) is 0.611. The van der Waals surface area contributed by atoms with E-state index < -0.39 is 0 Å². The van der Waals surface area contributed by atoms with Gasteiger partial charge in [0.2, 0.25) is 12.7 Å². The van der Waals surface area contributed by atoms with Gasteiger partial charge < -0.3 is 14.8 Å². The summed E-state index contributed by atoms with van der Waals surface area (Å²) in [5.74, 6) is 1.87. The molecule has 24 heavy (non-hydrogen) atoms. The zero-order valence-corrected chi connectivity index (χ0v) is 14.2. The average molecular weight is 331 g/mol. The summed E-state index contributed by atoms with van der Waals surface area (Å²) in [5, 5.41) is 3.01. The van der Waals surface area contributed by atoms with Crippen molar-refractivity contribution in [2.24, 2.45) is 0 Å². The van der Waals surface area contributed by atoms with Crippen molar-refractivity contribution in [3.8, 4) is 11.5 Å². The minimum atomic E-state index is 0.105. The van der Waals surface area contributed by atoms with Crippen LogP contribution in [0.1, 0.15) is 24.8 Å². The molecule has 3 aliphatic heterocycles. The molecule has 1 atom stereocenters. The minimum Gasteiger partial charge on any atom is -0.454 e. The highest BCUT2D eigenvalue weighted by molar-refractivity contribution is 5.76. The number of piperazine rings is 1. The lowest BCUT2D eigenvalue weighted by atomic mass is 9.86. The maximum Gasteiger partial charge on any atom is 0.231 e. The van der Waals surface area contributed by atoms with Crippen molar-refractivity contribution in [1.82, 2.24) is 15.1 Å². The molecule has 0 saturated carbocycles. The van der Waals surface area contributed by atoms with E-state index in [-0.39, 0.29) is 11.4 Å². The number of ether oxygens (including phenoxy) is 2. The fourth-order valence-electron chi connectivity index (χ4n) is 4.11. The number of benzene rings is 1. The Kier molecular flexibility index (Phi) is 4.10. The van der Waals surface area contributed by atoms with Crippen LogP contribution in [0, 0.1) is 0 Å². The van der Waals surface area contributed by atoms with Gasteiger partial charge in [0.05, 0.1) is 0 Å². The Morgan fingerprint density at radius 3 is 3.00 bits per heavy atom. The molecule has 2 fully saturated rings. The van der Waals surface area contributed by atoms with E-state index in [1.165, 1.54) is 5.56 Å². The molecule has 6 heteroatoms. The van der Waals surface area contributed by atoms with Crippen LogP contribution in [0.15, 0.2) is 18.2 Å². The number of rotatable bonds is 2. The number of carbonyl (C=O) groups excluding carboxylic acids is 1. The number of nitrogens with one attached hydrogen (secondary N) is 1. The normalized spacial score (nSPS) is 28.0. The highest BCUT2D eigenvalue weighted by Gasteiger charge is 2.40. The molecule has 1 aromatic carbocycles. The predicted octanol–water partition coefficient (Wildman–Crippen LogP) is 1.20. The standard InChI is InChI=1S/C18H25N3O3/c1-20-8-9-21(12-18(20)5-4-17(22)19-7-6-18)11-14-2-3-15-16(10-14)24-13-23-15/h2-3,10H,4-9,11-13H2,1H3,(H,19,22).